The zero-order valence-electron chi connectivity index (χ0n) is 11.8. The molecule has 0 spiro atoms. The Balaban J connectivity index is 1.57. The number of hydrogen-bond donors (Lipinski definition) is 1. The topological polar surface area (TPSA) is 62.5 Å². The Hall–Kier alpha value is -1.62. The number of pyridine rings is 1. The van der Waals surface area contributed by atoms with Crippen LogP contribution in [0.4, 0.5) is 5.69 Å². The van der Waals surface area contributed by atoms with Crippen LogP contribution in [0.3, 0.4) is 0 Å². The van der Waals surface area contributed by atoms with Crippen LogP contribution in [0, 0.1) is 0 Å². The lowest BCUT2D eigenvalue weighted by Gasteiger charge is -2.36. The van der Waals surface area contributed by atoms with Crippen LogP contribution in [0.15, 0.2) is 18.3 Å². The number of piperidine rings is 1. The highest BCUT2D eigenvalue weighted by atomic mass is 16.2. The molecule has 5 heteroatoms. The van der Waals surface area contributed by atoms with Crippen molar-refractivity contribution >= 4 is 11.6 Å². The second kappa shape index (κ2) is 5.79. The maximum absolute atomic E-state index is 12.3. The van der Waals surface area contributed by atoms with Crippen LogP contribution in [0.2, 0.25) is 0 Å². The third kappa shape index (κ3) is 2.77. The molecule has 2 aliphatic rings. The molecule has 3 rings (SSSR count). The monoisotopic (exact) mass is 274 g/mol. The predicted molar refractivity (Wildman–Crippen MR) is 78.4 cm³/mol. The van der Waals surface area contributed by atoms with E-state index in [9.17, 15) is 4.79 Å². The summed E-state index contributed by atoms with van der Waals surface area (Å²) in [4.78, 5) is 21.0. The lowest BCUT2D eigenvalue weighted by atomic mass is 10.0. The zero-order valence-corrected chi connectivity index (χ0v) is 11.8. The highest BCUT2D eigenvalue weighted by molar-refractivity contribution is 5.92. The summed E-state index contributed by atoms with van der Waals surface area (Å²) in [5, 5.41) is 0. The van der Waals surface area contributed by atoms with Gasteiger partial charge in [0.05, 0.1) is 11.9 Å². The van der Waals surface area contributed by atoms with Gasteiger partial charge in [0.15, 0.2) is 0 Å². The highest BCUT2D eigenvalue weighted by Gasteiger charge is 2.28. The van der Waals surface area contributed by atoms with Crippen molar-refractivity contribution in [2.45, 2.75) is 31.7 Å². The van der Waals surface area contributed by atoms with Gasteiger partial charge >= 0.3 is 0 Å². The van der Waals surface area contributed by atoms with E-state index in [1.54, 1.807) is 18.3 Å². The second-order valence-electron chi connectivity index (χ2n) is 5.74. The molecule has 20 heavy (non-hydrogen) atoms. The number of carbonyl (C=O) groups excluding carboxylic acids is 1. The average Bonchev–Trinajstić information content (AvgIpc) is 3.02. The SMILES string of the molecule is Nc1ccc(C(=O)N2CCC(N3CCCC3)CC2)nc1. The molecule has 0 unspecified atom stereocenters. The van der Waals surface area contributed by atoms with Crippen molar-refractivity contribution < 1.29 is 4.79 Å². The summed E-state index contributed by atoms with van der Waals surface area (Å²) in [6.45, 7) is 4.15. The first kappa shape index (κ1) is 13.4. The fourth-order valence-electron chi connectivity index (χ4n) is 3.23. The summed E-state index contributed by atoms with van der Waals surface area (Å²) in [5.74, 6) is 0.0323. The van der Waals surface area contributed by atoms with Gasteiger partial charge in [0.1, 0.15) is 5.69 Å². The molecule has 2 N–H and O–H groups in total. The van der Waals surface area contributed by atoms with Crippen LogP contribution in [-0.4, -0.2) is 52.9 Å². The first-order valence-corrected chi connectivity index (χ1v) is 7.49. The van der Waals surface area contributed by atoms with Crippen LogP contribution in [0.1, 0.15) is 36.2 Å². The summed E-state index contributed by atoms with van der Waals surface area (Å²) in [6.07, 6.45) is 6.37. The van der Waals surface area contributed by atoms with Gasteiger partial charge < -0.3 is 15.5 Å². The summed E-state index contributed by atoms with van der Waals surface area (Å²) < 4.78 is 0. The molecule has 0 saturated carbocycles. The maximum Gasteiger partial charge on any atom is 0.272 e. The lowest BCUT2D eigenvalue weighted by Crippen LogP contribution is -2.46. The number of hydrogen-bond acceptors (Lipinski definition) is 4. The van der Waals surface area contributed by atoms with Crippen molar-refractivity contribution in [3.8, 4) is 0 Å². The van der Waals surface area contributed by atoms with Crippen molar-refractivity contribution in [1.82, 2.24) is 14.8 Å². The molecule has 2 saturated heterocycles. The van der Waals surface area contributed by atoms with E-state index in [4.69, 9.17) is 5.73 Å². The van der Waals surface area contributed by atoms with Gasteiger partial charge in [0, 0.05) is 19.1 Å². The number of nitrogen functional groups attached to an aromatic ring is 1. The van der Waals surface area contributed by atoms with Crippen LogP contribution in [0.25, 0.3) is 0 Å². The molecule has 0 radical (unpaired) electrons. The molecule has 0 aliphatic carbocycles. The van der Waals surface area contributed by atoms with Crippen molar-refractivity contribution in [2.24, 2.45) is 0 Å². The molecule has 5 nitrogen and oxygen atoms in total. The Morgan fingerprint density at radius 3 is 2.45 bits per heavy atom. The van der Waals surface area contributed by atoms with E-state index in [1.165, 1.54) is 25.9 Å². The minimum absolute atomic E-state index is 0.0323. The molecule has 2 fully saturated rings. The molecular formula is C15H22N4O. The molecule has 1 aromatic heterocycles. The Bertz CT molecular complexity index is 459. The van der Waals surface area contributed by atoms with Gasteiger partial charge in [-0.1, -0.05) is 0 Å². The molecule has 0 atom stereocenters. The molecule has 2 aliphatic heterocycles. The van der Waals surface area contributed by atoms with E-state index in [0.717, 1.165) is 25.9 Å². The van der Waals surface area contributed by atoms with E-state index in [0.29, 0.717) is 17.4 Å². The summed E-state index contributed by atoms with van der Waals surface area (Å²) in [5.41, 5.74) is 6.69. The minimum atomic E-state index is 0.0323. The highest BCUT2D eigenvalue weighted by Crippen LogP contribution is 2.21. The molecule has 108 valence electrons. The van der Waals surface area contributed by atoms with Gasteiger partial charge in [-0.05, 0) is 50.9 Å². The fourth-order valence-corrected chi connectivity index (χ4v) is 3.23. The van der Waals surface area contributed by atoms with Crippen LogP contribution in [-0.2, 0) is 0 Å². The Morgan fingerprint density at radius 1 is 1.15 bits per heavy atom. The Kier molecular flexibility index (Phi) is 3.87. The number of likely N-dealkylation sites (tertiary alicyclic amines) is 2. The predicted octanol–water partition coefficient (Wildman–Crippen LogP) is 1.36. The van der Waals surface area contributed by atoms with Crippen LogP contribution < -0.4 is 5.73 Å². The van der Waals surface area contributed by atoms with E-state index in [-0.39, 0.29) is 5.91 Å². The number of rotatable bonds is 2. The quantitative estimate of drug-likeness (QED) is 0.884. The molecule has 1 amide bonds. The molecule has 0 bridgehead atoms. The van der Waals surface area contributed by atoms with Gasteiger partial charge in [-0.25, -0.2) is 4.98 Å². The van der Waals surface area contributed by atoms with Gasteiger partial charge in [-0.15, -0.1) is 0 Å². The van der Waals surface area contributed by atoms with Gasteiger partial charge in [0.2, 0.25) is 0 Å². The standard InChI is InChI=1S/C15H22N4O/c16-12-3-4-14(17-11-12)15(20)19-9-5-13(6-10-19)18-7-1-2-8-18/h3-4,11,13H,1-2,5-10,16H2. The van der Waals surface area contributed by atoms with Crippen molar-refractivity contribution in [3.63, 3.8) is 0 Å². The van der Waals surface area contributed by atoms with Crippen molar-refractivity contribution in [1.29, 1.82) is 0 Å². The summed E-state index contributed by atoms with van der Waals surface area (Å²) >= 11 is 0. The van der Waals surface area contributed by atoms with E-state index in [1.807, 2.05) is 4.90 Å². The Labute approximate surface area is 119 Å². The number of amides is 1. The van der Waals surface area contributed by atoms with Crippen LogP contribution in [0.5, 0.6) is 0 Å². The largest absolute Gasteiger partial charge is 0.397 e. The third-order valence-corrected chi connectivity index (χ3v) is 4.41. The average molecular weight is 274 g/mol. The van der Waals surface area contributed by atoms with E-state index >= 15 is 0 Å². The first-order chi connectivity index (χ1) is 9.74. The van der Waals surface area contributed by atoms with Crippen molar-refractivity contribution in [3.05, 3.63) is 24.0 Å². The number of aromatic nitrogens is 1. The van der Waals surface area contributed by atoms with Crippen LogP contribution >= 0.6 is 0 Å². The van der Waals surface area contributed by atoms with Gasteiger partial charge in [-0.2, -0.15) is 0 Å². The molecule has 3 heterocycles. The minimum Gasteiger partial charge on any atom is -0.397 e. The second-order valence-corrected chi connectivity index (χ2v) is 5.74. The van der Waals surface area contributed by atoms with E-state index < -0.39 is 0 Å². The summed E-state index contributed by atoms with van der Waals surface area (Å²) in [6, 6.07) is 4.11. The fraction of sp³-hybridized carbons (Fsp3) is 0.600. The summed E-state index contributed by atoms with van der Waals surface area (Å²) in [7, 11) is 0. The molecule has 0 aromatic carbocycles. The number of nitrogens with two attached hydrogens (primary N) is 1. The van der Waals surface area contributed by atoms with E-state index in [2.05, 4.69) is 9.88 Å². The number of nitrogens with zero attached hydrogens (tertiary/aromatic N) is 3. The lowest BCUT2D eigenvalue weighted by molar-refractivity contribution is 0.0639. The number of anilines is 1. The first-order valence-electron chi connectivity index (χ1n) is 7.49. The number of carbonyl (C=O) groups is 1. The normalized spacial score (nSPS) is 21.3. The van der Waals surface area contributed by atoms with Gasteiger partial charge in [-0.3, -0.25) is 4.79 Å². The maximum atomic E-state index is 12.3. The third-order valence-electron chi connectivity index (χ3n) is 4.41. The van der Waals surface area contributed by atoms with Crippen molar-refractivity contribution in [2.75, 3.05) is 31.9 Å². The molecule has 1 aromatic rings. The Morgan fingerprint density at radius 2 is 1.85 bits per heavy atom. The molecular weight excluding hydrogens is 252 g/mol. The smallest absolute Gasteiger partial charge is 0.272 e. The van der Waals surface area contributed by atoms with Gasteiger partial charge in [0.25, 0.3) is 5.91 Å². The zero-order chi connectivity index (χ0) is 13.9.